The summed E-state index contributed by atoms with van der Waals surface area (Å²) >= 11 is 0. The van der Waals surface area contributed by atoms with Crippen LogP contribution in [-0.4, -0.2) is 13.0 Å². The van der Waals surface area contributed by atoms with Gasteiger partial charge in [0.2, 0.25) is 5.91 Å². The van der Waals surface area contributed by atoms with Crippen LogP contribution in [0, 0.1) is 13.8 Å². The Kier molecular flexibility index (Phi) is 4.71. The smallest absolute Gasteiger partial charge is 0.223 e. The number of carbonyl (C=O) groups is 1. The molecule has 0 bridgehead atoms. The van der Waals surface area contributed by atoms with E-state index in [2.05, 4.69) is 68.4 Å². The number of anilines is 1. The largest absolute Gasteiger partial charge is 0.316 e. The predicted octanol–water partition coefficient (Wildman–Crippen LogP) is 5.62. The Morgan fingerprint density at radius 3 is 1.60 bits per heavy atom. The normalized spacial score (nSPS) is 10.6. The van der Waals surface area contributed by atoms with Gasteiger partial charge in [-0.25, -0.2) is 0 Å². The van der Waals surface area contributed by atoms with Crippen molar-refractivity contribution in [2.45, 2.75) is 20.8 Å². The second kappa shape index (κ2) is 6.94. The summed E-state index contributed by atoms with van der Waals surface area (Å²) in [6.07, 6.45) is 0. The molecule has 0 aliphatic carbocycles. The molecule has 0 aromatic heterocycles. The molecule has 25 heavy (non-hydrogen) atoms. The zero-order valence-electron chi connectivity index (χ0n) is 15.2. The molecule has 2 nitrogen and oxygen atoms in total. The molecule has 1 amide bonds. The molecular formula is C23H23NO. The molecule has 0 aliphatic rings. The van der Waals surface area contributed by atoms with E-state index in [0.717, 1.165) is 16.8 Å². The van der Waals surface area contributed by atoms with Crippen molar-refractivity contribution in [1.29, 1.82) is 0 Å². The molecule has 0 unspecified atom stereocenters. The van der Waals surface area contributed by atoms with Crippen LogP contribution in [0.2, 0.25) is 0 Å². The summed E-state index contributed by atoms with van der Waals surface area (Å²) in [6, 6.07) is 23.1. The van der Waals surface area contributed by atoms with Crippen LogP contribution in [-0.2, 0) is 4.79 Å². The molecule has 3 aromatic carbocycles. The van der Waals surface area contributed by atoms with Crippen LogP contribution >= 0.6 is 0 Å². The van der Waals surface area contributed by atoms with Crippen LogP contribution in [0.4, 0.5) is 5.69 Å². The number of amides is 1. The van der Waals surface area contributed by atoms with E-state index < -0.39 is 0 Å². The topological polar surface area (TPSA) is 20.3 Å². The molecule has 0 spiro atoms. The monoisotopic (exact) mass is 329 g/mol. The van der Waals surface area contributed by atoms with Gasteiger partial charge in [-0.05, 0) is 65.4 Å². The minimum Gasteiger partial charge on any atom is -0.316 e. The van der Waals surface area contributed by atoms with E-state index in [-0.39, 0.29) is 5.91 Å². The van der Waals surface area contributed by atoms with E-state index in [4.69, 9.17) is 0 Å². The highest BCUT2D eigenvalue weighted by molar-refractivity contribution is 5.93. The predicted molar refractivity (Wildman–Crippen MR) is 106 cm³/mol. The van der Waals surface area contributed by atoms with Gasteiger partial charge >= 0.3 is 0 Å². The molecular weight excluding hydrogens is 306 g/mol. The Morgan fingerprint density at radius 1 is 0.760 bits per heavy atom. The molecule has 0 atom stereocenters. The van der Waals surface area contributed by atoms with Crippen molar-refractivity contribution >= 4 is 11.6 Å². The van der Waals surface area contributed by atoms with Crippen molar-refractivity contribution in [2.75, 3.05) is 11.9 Å². The molecule has 0 saturated heterocycles. The lowest BCUT2D eigenvalue weighted by Gasteiger charge is -2.19. The summed E-state index contributed by atoms with van der Waals surface area (Å²) in [6.45, 7) is 5.82. The quantitative estimate of drug-likeness (QED) is 0.610. The lowest BCUT2D eigenvalue weighted by Crippen LogP contribution is -2.22. The van der Waals surface area contributed by atoms with Gasteiger partial charge in [-0.1, -0.05) is 48.5 Å². The Bertz CT molecular complexity index is 863. The third-order valence-corrected chi connectivity index (χ3v) is 4.69. The second-order valence-corrected chi connectivity index (χ2v) is 6.48. The Morgan fingerprint density at radius 2 is 1.20 bits per heavy atom. The second-order valence-electron chi connectivity index (χ2n) is 6.48. The highest BCUT2D eigenvalue weighted by Crippen LogP contribution is 2.34. The third-order valence-electron chi connectivity index (χ3n) is 4.69. The summed E-state index contributed by atoms with van der Waals surface area (Å²) in [5.74, 6) is 0.0256. The van der Waals surface area contributed by atoms with E-state index in [0.29, 0.717) is 0 Å². The number of benzene rings is 3. The Hall–Kier alpha value is -2.87. The maximum absolute atomic E-state index is 11.9. The molecule has 0 radical (unpaired) electrons. The lowest BCUT2D eigenvalue weighted by molar-refractivity contribution is -0.116. The summed E-state index contributed by atoms with van der Waals surface area (Å²) in [7, 11) is 1.82. The van der Waals surface area contributed by atoms with Gasteiger partial charge in [0.15, 0.2) is 0 Å². The summed E-state index contributed by atoms with van der Waals surface area (Å²) < 4.78 is 0. The van der Waals surface area contributed by atoms with Gasteiger partial charge in [0.25, 0.3) is 0 Å². The fourth-order valence-electron chi connectivity index (χ4n) is 3.09. The molecule has 126 valence electrons. The maximum atomic E-state index is 11.9. The molecule has 2 heteroatoms. The summed E-state index contributed by atoms with van der Waals surface area (Å²) in [5, 5.41) is 0. The minimum atomic E-state index is 0.0256. The summed E-state index contributed by atoms with van der Waals surface area (Å²) in [4.78, 5) is 13.6. The molecule has 0 saturated carbocycles. The standard InChI is InChI=1S/C23H23NO/c1-16-9-5-7-11-22(16)19-13-20(23-12-8-6-10-17(23)2)15-21(14-19)24(4)18(3)25/h5-15H,1-4H3. The molecule has 0 aliphatic heterocycles. The molecule has 0 fully saturated rings. The number of hydrogen-bond donors (Lipinski definition) is 0. The van der Waals surface area contributed by atoms with Gasteiger partial charge in [0, 0.05) is 19.7 Å². The first kappa shape index (κ1) is 17.0. The van der Waals surface area contributed by atoms with Crippen LogP contribution in [0.1, 0.15) is 18.1 Å². The van der Waals surface area contributed by atoms with Crippen LogP contribution in [0.25, 0.3) is 22.3 Å². The van der Waals surface area contributed by atoms with Crippen LogP contribution < -0.4 is 4.90 Å². The average Bonchev–Trinajstić information content (AvgIpc) is 2.61. The number of hydrogen-bond acceptors (Lipinski definition) is 1. The zero-order chi connectivity index (χ0) is 18.0. The van der Waals surface area contributed by atoms with Gasteiger partial charge in [-0.15, -0.1) is 0 Å². The summed E-state index contributed by atoms with van der Waals surface area (Å²) in [5.41, 5.74) is 7.99. The van der Waals surface area contributed by atoms with Crippen molar-refractivity contribution in [3.8, 4) is 22.3 Å². The lowest BCUT2D eigenvalue weighted by atomic mass is 9.93. The Labute approximate surface area is 149 Å². The van der Waals surface area contributed by atoms with Crippen molar-refractivity contribution in [1.82, 2.24) is 0 Å². The highest BCUT2D eigenvalue weighted by atomic mass is 16.2. The fourth-order valence-corrected chi connectivity index (χ4v) is 3.09. The molecule has 3 aromatic rings. The van der Waals surface area contributed by atoms with E-state index in [1.807, 2.05) is 19.2 Å². The van der Waals surface area contributed by atoms with Crippen LogP contribution in [0.15, 0.2) is 66.7 Å². The zero-order valence-corrected chi connectivity index (χ0v) is 15.2. The van der Waals surface area contributed by atoms with E-state index >= 15 is 0 Å². The minimum absolute atomic E-state index is 0.0256. The van der Waals surface area contributed by atoms with Gasteiger partial charge in [0.05, 0.1) is 0 Å². The average molecular weight is 329 g/mol. The number of rotatable bonds is 3. The van der Waals surface area contributed by atoms with Crippen molar-refractivity contribution < 1.29 is 4.79 Å². The first-order valence-corrected chi connectivity index (χ1v) is 8.49. The molecule has 0 N–H and O–H groups in total. The SMILES string of the molecule is CC(=O)N(C)c1cc(-c2ccccc2C)cc(-c2ccccc2C)c1. The van der Waals surface area contributed by atoms with Gasteiger partial charge in [-0.3, -0.25) is 4.79 Å². The Balaban J connectivity index is 2.24. The first-order chi connectivity index (χ1) is 12.0. The fraction of sp³-hybridized carbons (Fsp3) is 0.174. The van der Waals surface area contributed by atoms with E-state index in [1.165, 1.54) is 22.3 Å². The number of aryl methyl sites for hydroxylation is 2. The highest BCUT2D eigenvalue weighted by Gasteiger charge is 2.12. The number of nitrogens with zero attached hydrogens (tertiary/aromatic N) is 1. The van der Waals surface area contributed by atoms with Crippen molar-refractivity contribution in [2.24, 2.45) is 0 Å². The van der Waals surface area contributed by atoms with Gasteiger partial charge in [0.1, 0.15) is 0 Å². The van der Waals surface area contributed by atoms with Gasteiger partial charge < -0.3 is 4.90 Å². The molecule has 3 rings (SSSR count). The van der Waals surface area contributed by atoms with Crippen molar-refractivity contribution in [3.05, 3.63) is 77.9 Å². The number of carbonyl (C=O) groups excluding carboxylic acids is 1. The third kappa shape index (κ3) is 3.48. The first-order valence-electron chi connectivity index (χ1n) is 8.49. The van der Waals surface area contributed by atoms with Gasteiger partial charge in [-0.2, -0.15) is 0 Å². The van der Waals surface area contributed by atoms with E-state index in [1.54, 1.807) is 11.8 Å². The molecule has 0 heterocycles. The van der Waals surface area contributed by atoms with Crippen molar-refractivity contribution in [3.63, 3.8) is 0 Å². The van der Waals surface area contributed by atoms with Crippen LogP contribution in [0.3, 0.4) is 0 Å². The van der Waals surface area contributed by atoms with Crippen LogP contribution in [0.5, 0.6) is 0 Å². The maximum Gasteiger partial charge on any atom is 0.223 e. The van der Waals surface area contributed by atoms with E-state index in [9.17, 15) is 4.79 Å².